The molecule has 102 valence electrons. The number of fused-ring (bicyclic) bond motifs is 1. The van der Waals surface area contributed by atoms with Crippen LogP contribution in [0.15, 0.2) is 18.5 Å². The highest BCUT2D eigenvalue weighted by molar-refractivity contribution is 5.74. The monoisotopic (exact) mass is 260 g/mol. The van der Waals surface area contributed by atoms with Gasteiger partial charge in [0.25, 0.3) is 0 Å². The third-order valence-corrected chi connectivity index (χ3v) is 4.56. The van der Waals surface area contributed by atoms with E-state index in [1.165, 1.54) is 12.8 Å². The zero-order chi connectivity index (χ0) is 13.4. The summed E-state index contributed by atoms with van der Waals surface area (Å²) in [6, 6.07) is 1.80. The maximum Gasteiger partial charge on any atom is 0.321 e. The summed E-state index contributed by atoms with van der Waals surface area (Å²) in [4.78, 5) is 17.9. The van der Waals surface area contributed by atoms with E-state index >= 15 is 0 Å². The molecule has 0 radical (unpaired) electrons. The minimum Gasteiger partial charge on any atom is -0.480 e. The largest absolute Gasteiger partial charge is 0.480 e. The summed E-state index contributed by atoms with van der Waals surface area (Å²) in [5.41, 5.74) is 2.25. The Morgan fingerprint density at radius 1 is 1.47 bits per heavy atom. The molecule has 2 heterocycles. The van der Waals surface area contributed by atoms with Crippen molar-refractivity contribution in [2.75, 3.05) is 6.54 Å². The Bertz CT molecular complexity index is 489. The van der Waals surface area contributed by atoms with E-state index in [9.17, 15) is 9.90 Å². The summed E-state index contributed by atoms with van der Waals surface area (Å²) < 4.78 is 0. The molecule has 3 unspecified atom stereocenters. The number of aliphatic carboxylic acids is 1. The number of carboxylic acid groups (broad SMARTS) is 1. The van der Waals surface area contributed by atoms with Gasteiger partial charge in [-0.1, -0.05) is 12.5 Å². The lowest BCUT2D eigenvalue weighted by Gasteiger charge is -2.24. The van der Waals surface area contributed by atoms with Crippen LogP contribution in [-0.4, -0.2) is 33.5 Å². The molecule has 2 fully saturated rings. The molecule has 0 amide bonds. The summed E-state index contributed by atoms with van der Waals surface area (Å²) in [5.74, 6) is 0.282. The zero-order valence-electron chi connectivity index (χ0n) is 11.2. The first-order chi connectivity index (χ1) is 9.15. The predicted molar refractivity (Wildman–Crippen MR) is 71.6 cm³/mol. The van der Waals surface area contributed by atoms with E-state index < -0.39 is 5.97 Å². The maximum absolute atomic E-state index is 11.6. The van der Waals surface area contributed by atoms with Gasteiger partial charge in [0.1, 0.15) is 6.04 Å². The van der Waals surface area contributed by atoms with Gasteiger partial charge in [-0.15, -0.1) is 0 Å². The Morgan fingerprint density at radius 3 is 3.05 bits per heavy atom. The Labute approximate surface area is 113 Å². The van der Waals surface area contributed by atoms with E-state index in [-0.39, 0.29) is 6.04 Å². The molecule has 1 saturated carbocycles. The molecule has 1 aliphatic carbocycles. The summed E-state index contributed by atoms with van der Waals surface area (Å²) >= 11 is 0. The Balaban J connectivity index is 1.78. The van der Waals surface area contributed by atoms with Crippen molar-refractivity contribution in [3.63, 3.8) is 0 Å². The van der Waals surface area contributed by atoms with E-state index in [0.717, 1.165) is 24.1 Å². The van der Waals surface area contributed by atoms with Gasteiger partial charge < -0.3 is 5.11 Å². The van der Waals surface area contributed by atoms with Gasteiger partial charge in [-0.05, 0) is 42.7 Å². The van der Waals surface area contributed by atoms with E-state index in [1.807, 2.05) is 19.3 Å². The van der Waals surface area contributed by atoms with Gasteiger partial charge in [-0.2, -0.15) is 0 Å². The second kappa shape index (κ2) is 4.93. The molecule has 1 N–H and O–H groups in total. The molecule has 0 bridgehead atoms. The van der Waals surface area contributed by atoms with E-state index in [4.69, 9.17) is 0 Å². The topological polar surface area (TPSA) is 53.4 Å². The standard InChI is InChI=1S/C15H20N2O2/c1-10-5-11(7-16-6-10)8-17-9-12-3-2-4-13(12)14(17)15(18)19/h5-7,12-14H,2-4,8-9H2,1H3,(H,18,19). The van der Waals surface area contributed by atoms with Crippen LogP contribution in [0.2, 0.25) is 0 Å². The second-order valence-corrected chi connectivity index (χ2v) is 5.94. The van der Waals surface area contributed by atoms with Crippen LogP contribution in [0, 0.1) is 18.8 Å². The first-order valence-electron chi connectivity index (χ1n) is 7.02. The molecule has 4 heteroatoms. The Hall–Kier alpha value is -1.42. The number of hydrogen-bond acceptors (Lipinski definition) is 3. The molecule has 2 aliphatic rings. The highest BCUT2D eigenvalue weighted by Crippen LogP contribution is 2.42. The fraction of sp³-hybridized carbons (Fsp3) is 0.600. The molecule has 3 rings (SSSR count). The SMILES string of the molecule is Cc1cncc(CN2CC3CCCC3C2C(=O)O)c1. The number of aromatic nitrogens is 1. The van der Waals surface area contributed by atoms with Crippen LogP contribution in [0.25, 0.3) is 0 Å². The third kappa shape index (κ3) is 2.37. The highest BCUT2D eigenvalue weighted by atomic mass is 16.4. The Morgan fingerprint density at radius 2 is 2.32 bits per heavy atom. The average Bonchev–Trinajstić information content (AvgIpc) is 2.88. The number of aryl methyl sites for hydroxylation is 1. The number of nitrogens with zero attached hydrogens (tertiary/aromatic N) is 2. The van der Waals surface area contributed by atoms with Crippen molar-refractivity contribution < 1.29 is 9.90 Å². The number of rotatable bonds is 3. The van der Waals surface area contributed by atoms with Crippen molar-refractivity contribution >= 4 is 5.97 Å². The van der Waals surface area contributed by atoms with Gasteiger partial charge in [0.15, 0.2) is 0 Å². The molecule has 4 nitrogen and oxygen atoms in total. The third-order valence-electron chi connectivity index (χ3n) is 4.56. The van der Waals surface area contributed by atoms with Crippen molar-refractivity contribution in [1.82, 2.24) is 9.88 Å². The van der Waals surface area contributed by atoms with Crippen molar-refractivity contribution in [3.05, 3.63) is 29.6 Å². The average molecular weight is 260 g/mol. The molecule has 0 aromatic carbocycles. The van der Waals surface area contributed by atoms with Crippen molar-refractivity contribution in [2.24, 2.45) is 11.8 Å². The summed E-state index contributed by atoms with van der Waals surface area (Å²) in [5, 5.41) is 9.51. The van der Waals surface area contributed by atoms with Gasteiger partial charge in [-0.25, -0.2) is 0 Å². The highest BCUT2D eigenvalue weighted by Gasteiger charge is 2.47. The molecule has 1 aliphatic heterocycles. The molecular weight excluding hydrogens is 240 g/mol. The number of carbonyl (C=O) groups is 1. The molecule has 3 atom stereocenters. The molecular formula is C15H20N2O2. The second-order valence-electron chi connectivity index (χ2n) is 5.94. The molecule has 0 spiro atoms. The van der Waals surface area contributed by atoms with E-state index in [0.29, 0.717) is 18.4 Å². The van der Waals surface area contributed by atoms with E-state index in [1.54, 1.807) is 0 Å². The van der Waals surface area contributed by atoms with Crippen LogP contribution in [0.4, 0.5) is 0 Å². The zero-order valence-corrected chi connectivity index (χ0v) is 11.2. The Kier molecular flexibility index (Phi) is 3.27. The minimum atomic E-state index is -0.657. The summed E-state index contributed by atoms with van der Waals surface area (Å²) in [6.07, 6.45) is 7.14. The first kappa shape index (κ1) is 12.6. The molecule has 19 heavy (non-hydrogen) atoms. The fourth-order valence-electron chi connectivity index (χ4n) is 3.83. The lowest BCUT2D eigenvalue weighted by molar-refractivity contribution is -0.143. The van der Waals surface area contributed by atoms with Gasteiger partial charge >= 0.3 is 5.97 Å². The van der Waals surface area contributed by atoms with Gasteiger partial charge in [0, 0.05) is 25.5 Å². The minimum absolute atomic E-state index is 0.298. The smallest absolute Gasteiger partial charge is 0.321 e. The predicted octanol–water partition coefficient (Wildman–Crippen LogP) is 2.08. The number of likely N-dealkylation sites (tertiary alicyclic amines) is 1. The van der Waals surface area contributed by atoms with Crippen LogP contribution >= 0.6 is 0 Å². The maximum atomic E-state index is 11.6. The summed E-state index contributed by atoms with van der Waals surface area (Å²) in [7, 11) is 0. The van der Waals surface area contributed by atoms with Crippen LogP contribution in [0.5, 0.6) is 0 Å². The quantitative estimate of drug-likeness (QED) is 0.904. The van der Waals surface area contributed by atoms with Gasteiger partial charge in [0.05, 0.1) is 0 Å². The van der Waals surface area contributed by atoms with Crippen LogP contribution in [-0.2, 0) is 11.3 Å². The molecule has 1 aromatic heterocycles. The van der Waals surface area contributed by atoms with Crippen LogP contribution < -0.4 is 0 Å². The van der Waals surface area contributed by atoms with Crippen LogP contribution in [0.1, 0.15) is 30.4 Å². The van der Waals surface area contributed by atoms with Gasteiger partial charge in [-0.3, -0.25) is 14.7 Å². The molecule has 1 saturated heterocycles. The number of pyridine rings is 1. The van der Waals surface area contributed by atoms with Crippen molar-refractivity contribution in [1.29, 1.82) is 0 Å². The number of hydrogen-bond donors (Lipinski definition) is 1. The van der Waals surface area contributed by atoms with Crippen molar-refractivity contribution in [3.8, 4) is 0 Å². The van der Waals surface area contributed by atoms with Crippen molar-refractivity contribution in [2.45, 2.75) is 38.8 Å². The van der Waals surface area contributed by atoms with Crippen LogP contribution in [0.3, 0.4) is 0 Å². The first-order valence-corrected chi connectivity index (χ1v) is 7.02. The van der Waals surface area contributed by atoms with E-state index in [2.05, 4.69) is 16.0 Å². The number of carboxylic acids is 1. The summed E-state index contributed by atoms with van der Waals surface area (Å²) in [6.45, 7) is 3.65. The lowest BCUT2D eigenvalue weighted by atomic mass is 9.94. The normalized spacial score (nSPS) is 30.5. The van der Waals surface area contributed by atoms with Gasteiger partial charge in [0.2, 0.25) is 0 Å². The lowest BCUT2D eigenvalue weighted by Crippen LogP contribution is -2.39. The fourth-order valence-corrected chi connectivity index (χ4v) is 3.83. The molecule has 1 aromatic rings.